The highest BCUT2D eigenvalue weighted by atomic mass is 19.1. The number of hydrogen-bond donors (Lipinski definition) is 3. The molecule has 0 unspecified atom stereocenters. The van der Waals surface area contributed by atoms with Crippen LogP contribution < -0.4 is 16.2 Å². The Morgan fingerprint density at radius 2 is 1.76 bits per heavy atom. The first-order chi connectivity index (χ1) is 11.7. The summed E-state index contributed by atoms with van der Waals surface area (Å²) in [5.41, 5.74) is 4.00. The normalized spacial score (nSPS) is 10.9. The van der Waals surface area contributed by atoms with Crippen molar-refractivity contribution in [1.82, 2.24) is 15.4 Å². The quantitative estimate of drug-likeness (QED) is 0.560. The number of carbonyl (C=O) groups is 1. The van der Waals surface area contributed by atoms with E-state index < -0.39 is 27.9 Å². The molecule has 0 fully saturated rings. The summed E-state index contributed by atoms with van der Waals surface area (Å²) in [6.07, 6.45) is 1.13. The highest BCUT2D eigenvalue weighted by molar-refractivity contribution is 5.95. The highest BCUT2D eigenvalue weighted by Crippen LogP contribution is 2.30. The van der Waals surface area contributed by atoms with Crippen molar-refractivity contribution in [3.05, 3.63) is 52.1 Å². The number of nitrogens with one attached hydrogen (secondary N) is 3. The van der Waals surface area contributed by atoms with E-state index in [9.17, 15) is 19.3 Å². The minimum Gasteiger partial charge on any atom is -0.360 e. The molecule has 25 heavy (non-hydrogen) atoms. The number of carbonyl (C=O) groups excluding carboxylic acids is 1. The topological polar surface area (TPSA) is 122 Å². The van der Waals surface area contributed by atoms with Crippen LogP contribution >= 0.6 is 0 Å². The Balaban J connectivity index is 2.21. The third-order valence-corrected chi connectivity index (χ3v) is 2.90. The van der Waals surface area contributed by atoms with Gasteiger partial charge in [0.2, 0.25) is 11.6 Å². The standard InChI is InChI=1S/C15H17FN6O3/c1-15(2,3)19-12-11(22(24)25)13(18-8-17-12)20-21-14(23)9-4-6-10(16)7-5-9/h4-8H,1-3H3,(H,21,23)(H2,17,18,19,20). The second-order valence-electron chi connectivity index (χ2n) is 6.14. The first kappa shape index (κ1) is 18.0. The van der Waals surface area contributed by atoms with Gasteiger partial charge >= 0.3 is 5.69 Å². The Bertz CT molecular complexity index is 789. The molecule has 1 heterocycles. The van der Waals surface area contributed by atoms with Crippen LogP contribution in [0.2, 0.25) is 0 Å². The molecule has 132 valence electrons. The van der Waals surface area contributed by atoms with E-state index in [2.05, 4.69) is 26.1 Å². The van der Waals surface area contributed by atoms with E-state index >= 15 is 0 Å². The summed E-state index contributed by atoms with van der Waals surface area (Å²) in [5, 5.41) is 14.3. The molecule has 0 saturated heterocycles. The number of nitrogens with zero attached hydrogens (tertiary/aromatic N) is 3. The van der Waals surface area contributed by atoms with Crippen LogP contribution in [-0.4, -0.2) is 26.3 Å². The predicted molar refractivity (Wildman–Crippen MR) is 89.6 cm³/mol. The molecule has 0 spiro atoms. The van der Waals surface area contributed by atoms with Gasteiger partial charge in [0.25, 0.3) is 5.91 Å². The van der Waals surface area contributed by atoms with E-state index in [1.807, 2.05) is 20.8 Å². The van der Waals surface area contributed by atoms with Gasteiger partial charge in [-0.3, -0.25) is 25.8 Å². The van der Waals surface area contributed by atoms with Crippen LogP contribution in [0.4, 0.5) is 21.7 Å². The van der Waals surface area contributed by atoms with Crippen molar-refractivity contribution < 1.29 is 14.1 Å². The molecule has 0 aliphatic rings. The monoisotopic (exact) mass is 348 g/mol. The summed E-state index contributed by atoms with van der Waals surface area (Å²) in [4.78, 5) is 30.4. The zero-order chi connectivity index (χ0) is 18.6. The Labute approximate surface area is 142 Å². The molecular formula is C15H17FN6O3. The highest BCUT2D eigenvalue weighted by Gasteiger charge is 2.26. The largest absolute Gasteiger partial charge is 0.360 e. The van der Waals surface area contributed by atoms with Crippen LogP contribution in [0.1, 0.15) is 31.1 Å². The van der Waals surface area contributed by atoms with Crippen molar-refractivity contribution in [2.75, 3.05) is 10.7 Å². The fourth-order valence-electron chi connectivity index (χ4n) is 1.88. The Morgan fingerprint density at radius 1 is 1.16 bits per heavy atom. The maximum atomic E-state index is 12.9. The van der Waals surface area contributed by atoms with Crippen LogP contribution in [0.5, 0.6) is 0 Å². The summed E-state index contributed by atoms with van der Waals surface area (Å²) in [7, 11) is 0. The first-order valence-electron chi connectivity index (χ1n) is 7.27. The van der Waals surface area contributed by atoms with Gasteiger partial charge in [0.1, 0.15) is 12.1 Å². The fraction of sp³-hybridized carbons (Fsp3) is 0.267. The third kappa shape index (κ3) is 4.83. The Morgan fingerprint density at radius 3 is 2.32 bits per heavy atom. The molecule has 1 aromatic heterocycles. The van der Waals surface area contributed by atoms with E-state index in [1.165, 1.54) is 12.1 Å². The van der Waals surface area contributed by atoms with Gasteiger partial charge in [0, 0.05) is 11.1 Å². The van der Waals surface area contributed by atoms with Crippen LogP contribution in [-0.2, 0) is 0 Å². The second-order valence-corrected chi connectivity index (χ2v) is 6.14. The maximum absolute atomic E-state index is 12.9. The predicted octanol–water partition coefficient (Wildman–Crippen LogP) is 2.49. The molecule has 0 bridgehead atoms. The van der Waals surface area contributed by atoms with Crippen molar-refractivity contribution >= 4 is 23.2 Å². The average molecular weight is 348 g/mol. The molecule has 1 aromatic carbocycles. The molecule has 2 aromatic rings. The van der Waals surface area contributed by atoms with Crippen molar-refractivity contribution in [3.8, 4) is 0 Å². The minimum absolute atomic E-state index is 0.0195. The summed E-state index contributed by atoms with van der Waals surface area (Å²) in [6.45, 7) is 5.47. The number of amides is 1. The van der Waals surface area contributed by atoms with Gasteiger partial charge in [-0.25, -0.2) is 14.4 Å². The van der Waals surface area contributed by atoms with Gasteiger partial charge in [-0.1, -0.05) is 0 Å². The Hall–Kier alpha value is -3.30. The number of hydrazine groups is 1. The van der Waals surface area contributed by atoms with Crippen molar-refractivity contribution in [2.24, 2.45) is 0 Å². The zero-order valence-corrected chi connectivity index (χ0v) is 13.8. The molecule has 0 saturated carbocycles. The number of hydrogen-bond acceptors (Lipinski definition) is 7. The first-order valence-corrected chi connectivity index (χ1v) is 7.27. The van der Waals surface area contributed by atoms with Crippen LogP contribution in [0.25, 0.3) is 0 Å². The lowest BCUT2D eigenvalue weighted by atomic mass is 10.1. The van der Waals surface area contributed by atoms with Gasteiger partial charge in [0.05, 0.1) is 4.92 Å². The van der Waals surface area contributed by atoms with Crippen molar-refractivity contribution in [3.63, 3.8) is 0 Å². The van der Waals surface area contributed by atoms with E-state index in [0.717, 1.165) is 18.5 Å². The molecule has 0 aliphatic carbocycles. The minimum atomic E-state index is -0.652. The smallest absolute Gasteiger partial charge is 0.354 e. The number of nitro groups is 1. The molecule has 0 aliphatic heterocycles. The summed E-state index contributed by atoms with van der Waals surface area (Å²) < 4.78 is 12.9. The van der Waals surface area contributed by atoms with E-state index in [4.69, 9.17) is 0 Å². The molecule has 0 atom stereocenters. The lowest BCUT2D eigenvalue weighted by molar-refractivity contribution is -0.383. The van der Waals surface area contributed by atoms with Crippen LogP contribution in [0, 0.1) is 15.9 Å². The summed E-state index contributed by atoms with van der Waals surface area (Å²) >= 11 is 0. The molecule has 1 amide bonds. The van der Waals surface area contributed by atoms with Gasteiger partial charge in [-0.2, -0.15) is 0 Å². The van der Waals surface area contributed by atoms with Gasteiger partial charge in [0.15, 0.2) is 0 Å². The van der Waals surface area contributed by atoms with Gasteiger partial charge in [-0.15, -0.1) is 0 Å². The SMILES string of the molecule is CC(C)(C)Nc1ncnc(NNC(=O)c2ccc(F)cc2)c1[N+](=O)[O-]. The van der Waals surface area contributed by atoms with Crippen LogP contribution in [0.15, 0.2) is 30.6 Å². The number of halogens is 1. The molecule has 0 radical (unpaired) electrons. The number of anilines is 2. The zero-order valence-electron chi connectivity index (χ0n) is 13.8. The fourth-order valence-corrected chi connectivity index (χ4v) is 1.88. The van der Waals surface area contributed by atoms with Crippen molar-refractivity contribution in [2.45, 2.75) is 26.3 Å². The summed E-state index contributed by atoms with van der Waals surface area (Å²) in [5.74, 6) is -1.24. The molecule has 10 heteroatoms. The maximum Gasteiger partial charge on any atom is 0.354 e. The lowest BCUT2D eigenvalue weighted by Gasteiger charge is -2.21. The van der Waals surface area contributed by atoms with E-state index in [0.29, 0.717) is 0 Å². The average Bonchev–Trinajstić information content (AvgIpc) is 2.51. The van der Waals surface area contributed by atoms with Crippen molar-refractivity contribution in [1.29, 1.82) is 0 Å². The number of aromatic nitrogens is 2. The van der Waals surface area contributed by atoms with Crippen LogP contribution in [0.3, 0.4) is 0 Å². The Kier molecular flexibility index (Phi) is 5.11. The molecular weight excluding hydrogens is 331 g/mol. The van der Waals surface area contributed by atoms with Gasteiger partial charge in [-0.05, 0) is 45.0 Å². The van der Waals surface area contributed by atoms with Gasteiger partial charge < -0.3 is 5.32 Å². The molecule has 2 rings (SSSR count). The molecule has 9 nitrogen and oxygen atoms in total. The number of rotatable bonds is 5. The summed E-state index contributed by atoms with van der Waals surface area (Å²) in [6, 6.07) is 4.83. The van der Waals surface area contributed by atoms with E-state index in [-0.39, 0.29) is 17.2 Å². The van der Waals surface area contributed by atoms with E-state index in [1.54, 1.807) is 0 Å². The second kappa shape index (κ2) is 7.07. The molecule has 3 N–H and O–H groups in total. The third-order valence-electron chi connectivity index (χ3n) is 2.90. The lowest BCUT2D eigenvalue weighted by Crippen LogP contribution is -2.31. The number of benzene rings is 1.